The Balaban J connectivity index is 2.53. The minimum Gasteiger partial charge on any atom is -0.378 e. The van der Waals surface area contributed by atoms with Crippen LogP contribution >= 0.6 is 23.5 Å². The minimum absolute atomic E-state index is 0.311. The molecule has 9 N–H and O–H groups in total. The van der Waals surface area contributed by atoms with Gasteiger partial charge in [-0.2, -0.15) is 5.01 Å². The third-order valence-corrected chi connectivity index (χ3v) is 3.19. The molecule has 1 atom stereocenters. The number of nitrogens with two attached hydrogens (primary N) is 2. The van der Waals surface area contributed by atoms with Crippen LogP contribution in [0.25, 0.3) is 0 Å². The lowest BCUT2D eigenvalue weighted by Crippen LogP contribution is -2.63. The lowest BCUT2D eigenvalue weighted by atomic mass is 10.3. The number of hydrazine groups is 1. The van der Waals surface area contributed by atoms with Gasteiger partial charge >= 0.3 is 5.24 Å². The van der Waals surface area contributed by atoms with E-state index in [1.54, 1.807) is 0 Å². The second-order valence-electron chi connectivity index (χ2n) is 3.68. The van der Waals surface area contributed by atoms with Gasteiger partial charge in [-0.3, -0.25) is 25.8 Å². The number of carbonyl (C=O) groups is 2. The van der Waals surface area contributed by atoms with Gasteiger partial charge in [0.1, 0.15) is 6.17 Å². The molecule has 0 aromatic heterocycles. The largest absolute Gasteiger partial charge is 0.378 e. The number of amidine groups is 2. The van der Waals surface area contributed by atoms with Crippen molar-refractivity contribution in [3.8, 4) is 0 Å². The van der Waals surface area contributed by atoms with Gasteiger partial charge in [0.15, 0.2) is 10.3 Å². The van der Waals surface area contributed by atoms with Crippen molar-refractivity contribution in [2.45, 2.75) is 6.17 Å². The molecule has 0 aliphatic carbocycles. The maximum atomic E-state index is 11.5. The van der Waals surface area contributed by atoms with Crippen LogP contribution < -0.4 is 27.5 Å². The van der Waals surface area contributed by atoms with Crippen molar-refractivity contribution in [3.05, 3.63) is 0 Å². The van der Waals surface area contributed by atoms with Gasteiger partial charge in [0, 0.05) is 43.2 Å². The normalized spacial score (nSPS) is 19.1. The summed E-state index contributed by atoms with van der Waals surface area (Å²) in [5, 5.41) is 19.6. The molecule has 1 saturated heterocycles. The predicted molar refractivity (Wildman–Crippen MR) is 79.4 cm³/mol. The Morgan fingerprint density at radius 1 is 1.20 bits per heavy atom. The standard InChI is InChI=1S/C8H16N8O2S2/c9-5(10)19-7(17)14-4-3-13-1-2-16(4)15-8(18)20-6(11)12/h4,13H,1-3H2,(H3,9,10)(H3,11,12)(H,14,17)(H,15,18). The van der Waals surface area contributed by atoms with E-state index < -0.39 is 16.6 Å². The first-order valence-electron chi connectivity index (χ1n) is 5.50. The molecule has 12 heteroatoms. The van der Waals surface area contributed by atoms with Crippen LogP contribution in [0, 0.1) is 10.8 Å². The van der Waals surface area contributed by atoms with Crippen LogP contribution in [0.2, 0.25) is 0 Å². The number of hydrogen-bond acceptors (Lipinski definition) is 8. The fraction of sp³-hybridized carbons (Fsp3) is 0.500. The molecule has 1 aliphatic rings. The van der Waals surface area contributed by atoms with E-state index >= 15 is 0 Å². The molecule has 0 radical (unpaired) electrons. The molecule has 0 spiro atoms. The highest BCUT2D eigenvalue weighted by atomic mass is 32.2. The van der Waals surface area contributed by atoms with Gasteiger partial charge in [0.2, 0.25) is 0 Å². The van der Waals surface area contributed by atoms with E-state index in [0.717, 1.165) is 0 Å². The Hall–Kier alpha value is -1.50. The Kier molecular flexibility index (Phi) is 6.57. The summed E-state index contributed by atoms with van der Waals surface area (Å²) >= 11 is 1.12. The number of nitrogens with one attached hydrogen (secondary N) is 5. The van der Waals surface area contributed by atoms with Crippen molar-refractivity contribution in [2.24, 2.45) is 11.5 Å². The van der Waals surface area contributed by atoms with Crippen molar-refractivity contribution in [1.29, 1.82) is 10.8 Å². The molecule has 1 rings (SSSR count). The zero-order valence-electron chi connectivity index (χ0n) is 10.4. The second kappa shape index (κ2) is 7.94. The Labute approximate surface area is 123 Å². The van der Waals surface area contributed by atoms with E-state index in [1.807, 2.05) is 0 Å². The predicted octanol–water partition coefficient (Wildman–Crippen LogP) is -1.19. The van der Waals surface area contributed by atoms with Gasteiger partial charge in [-0.25, -0.2) is 0 Å². The molecule has 0 aromatic rings. The first kappa shape index (κ1) is 16.6. The first-order valence-corrected chi connectivity index (χ1v) is 7.14. The van der Waals surface area contributed by atoms with Crippen LogP contribution in [0.3, 0.4) is 0 Å². The fourth-order valence-electron chi connectivity index (χ4n) is 1.47. The Bertz CT molecular complexity index is 379. The van der Waals surface area contributed by atoms with Gasteiger partial charge in [-0.1, -0.05) is 0 Å². The number of nitrogens with zero attached hydrogens (tertiary/aromatic N) is 1. The summed E-state index contributed by atoms with van der Waals surface area (Å²) in [7, 11) is 0. The van der Waals surface area contributed by atoms with E-state index in [-0.39, 0.29) is 10.3 Å². The zero-order chi connectivity index (χ0) is 15.1. The molecular formula is C8H16N8O2S2. The lowest BCUT2D eigenvalue weighted by molar-refractivity contribution is 0.102. The molecule has 1 fully saturated rings. The minimum atomic E-state index is -0.502. The molecule has 2 amide bonds. The van der Waals surface area contributed by atoms with E-state index in [0.29, 0.717) is 43.2 Å². The Morgan fingerprint density at radius 2 is 1.80 bits per heavy atom. The molecule has 20 heavy (non-hydrogen) atoms. The molecule has 0 bridgehead atoms. The summed E-state index contributed by atoms with van der Waals surface area (Å²) in [5.74, 6) is 0. The quantitative estimate of drug-likeness (QED) is 0.245. The van der Waals surface area contributed by atoms with Crippen molar-refractivity contribution in [3.63, 3.8) is 0 Å². The third-order valence-electron chi connectivity index (χ3n) is 2.17. The van der Waals surface area contributed by atoms with Crippen LogP contribution in [0.4, 0.5) is 9.59 Å². The summed E-state index contributed by atoms with van der Waals surface area (Å²) in [6.45, 7) is 1.53. The van der Waals surface area contributed by atoms with E-state index in [1.165, 1.54) is 5.01 Å². The monoisotopic (exact) mass is 320 g/mol. The summed E-state index contributed by atoms with van der Waals surface area (Å²) in [6, 6.07) is 0. The van der Waals surface area contributed by atoms with Crippen LogP contribution in [-0.2, 0) is 0 Å². The average Bonchev–Trinajstić information content (AvgIpc) is 2.29. The fourth-order valence-corrected chi connectivity index (χ4v) is 2.23. The molecule has 0 saturated carbocycles. The van der Waals surface area contributed by atoms with Gasteiger partial charge in [0.25, 0.3) is 5.24 Å². The maximum Gasteiger partial charge on any atom is 0.301 e. The van der Waals surface area contributed by atoms with Crippen molar-refractivity contribution < 1.29 is 9.59 Å². The summed E-state index contributed by atoms with van der Waals surface area (Å²) in [5.41, 5.74) is 12.8. The lowest BCUT2D eigenvalue weighted by Gasteiger charge is -2.35. The van der Waals surface area contributed by atoms with Crippen molar-refractivity contribution >= 4 is 44.3 Å². The Morgan fingerprint density at radius 3 is 2.40 bits per heavy atom. The number of carbonyl (C=O) groups excluding carboxylic acids is 2. The topological polar surface area (TPSA) is 173 Å². The van der Waals surface area contributed by atoms with Crippen molar-refractivity contribution in [2.75, 3.05) is 19.6 Å². The molecule has 1 aliphatic heterocycles. The van der Waals surface area contributed by atoms with Crippen LogP contribution in [-0.4, -0.2) is 51.6 Å². The highest BCUT2D eigenvalue weighted by Gasteiger charge is 2.25. The van der Waals surface area contributed by atoms with Gasteiger partial charge < -0.3 is 22.1 Å². The number of rotatable bonds is 2. The molecule has 1 unspecified atom stereocenters. The molecule has 1 heterocycles. The highest BCUT2D eigenvalue weighted by molar-refractivity contribution is 8.26. The number of hydrogen-bond donors (Lipinski definition) is 7. The second-order valence-corrected chi connectivity index (χ2v) is 5.71. The summed E-state index contributed by atoms with van der Waals surface area (Å²) in [4.78, 5) is 23.1. The first-order chi connectivity index (χ1) is 9.38. The molecular weight excluding hydrogens is 304 g/mol. The zero-order valence-corrected chi connectivity index (χ0v) is 12.1. The summed E-state index contributed by atoms with van der Waals surface area (Å²) < 4.78 is 0. The van der Waals surface area contributed by atoms with Crippen LogP contribution in [0.5, 0.6) is 0 Å². The van der Waals surface area contributed by atoms with E-state index in [4.69, 9.17) is 22.3 Å². The maximum absolute atomic E-state index is 11.5. The van der Waals surface area contributed by atoms with Gasteiger partial charge in [0.05, 0.1) is 0 Å². The van der Waals surface area contributed by atoms with E-state index in [2.05, 4.69) is 16.1 Å². The summed E-state index contributed by atoms with van der Waals surface area (Å²) in [6.07, 6.45) is -0.473. The van der Waals surface area contributed by atoms with Crippen molar-refractivity contribution in [1.82, 2.24) is 21.1 Å². The SMILES string of the molecule is N=C(N)SC(=O)NC1CNCCN1NC(=O)SC(=N)N. The van der Waals surface area contributed by atoms with Crippen LogP contribution in [0.1, 0.15) is 0 Å². The number of piperazine rings is 1. The number of thioether (sulfide) groups is 2. The third kappa shape index (κ3) is 6.10. The molecule has 112 valence electrons. The smallest absolute Gasteiger partial charge is 0.301 e. The van der Waals surface area contributed by atoms with E-state index in [9.17, 15) is 9.59 Å². The highest BCUT2D eigenvalue weighted by Crippen LogP contribution is 2.06. The average molecular weight is 320 g/mol. The van der Waals surface area contributed by atoms with Crippen LogP contribution in [0.15, 0.2) is 0 Å². The van der Waals surface area contributed by atoms with Gasteiger partial charge in [-0.05, 0) is 0 Å². The van der Waals surface area contributed by atoms with Gasteiger partial charge in [-0.15, -0.1) is 0 Å². The molecule has 0 aromatic carbocycles. The molecule has 10 nitrogen and oxygen atoms in total. The number of amides is 2.